The van der Waals surface area contributed by atoms with Crippen molar-refractivity contribution in [1.29, 1.82) is 0 Å². The zero-order valence-electron chi connectivity index (χ0n) is 17.8. The van der Waals surface area contributed by atoms with E-state index in [4.69, 9.17) is 5.14 Å². The first-order valence-electron chi connectivity index (χ1n) is 9.80. The molecule has 166 valence electrons. The van der Waals surface area contributed by atoms with Crippen LogP contribution in [0.4, 0.5) is 15.9 Å². The lowest BCUT2D eigenvalue weighted by Gasteiger charge is -2.34. The second-order valence-corrected chi connectivity index (χ2v) is 9.72. The molecule has 4 rings (SSSR count). The Kier molecular flexibility index (Phi) is 5.22. The van der Waals surface area contributed by atoms with Crippen molar-refractivity contribution in [1.82, 2.24) is 9.97 Å². The predicted octanol–water partition coefficient (Wildman–Crippen LogP) is 3.08. The first kappa shape index (κ1) is 21.8. The Morgan fingerprint density at radius 2 is 1.94 bits per heavy atom. The molecule has 1 amide bonds. The Labute approximate surface area is 185 Å². The van der Waals surface area contributed by atoms with Gasteiger partial charge in [0.25, 0.3) is 15.9 Å². The SMILES string of the molecule is Cc1cnc(N2Cc3ccc(F)cc3C2(C)C)c(C(=O)Nc2ccnc(S(N)(=O)=O)c2)c1. The molecule has 3 heterocycles. The standard InChI is InChI=1S/C22H22FN5O3S/c1-13-8-17(21(29)27-16-6-7-25-19(10-16)32(24,30)31)20(26-11-13)28-12-14-4-5-15(23)9-18(14)22(28,2)3/h4-11H,12H2,1-3H3,(H2,24,30,31)(H,25,27,29). The fourth-order valence-corrected chi connectivity index (χ4v) is 4.39. The van der Waals surface area contributed by atoms with Crippen molar-refractivity contribution in [2.75, 3.05) is 10.2 Å². The molecule has 3 aromatic rings. The summed E-state index contributed by atoms with van der Waals surface area (Å²) in [5.41, 5.74) is 2.49. The normalized spacial score (nSPS) is 14.8. The number of fused-ring (bicyclic) bond motifs is 1. The minimum absolute atomic E-state index is 0.229. The van der Waals surface area contributed by atoms with Gasteiger partial charge >= 0.3 is 0 Å². The van der Waals surface area contributed by atoms with E-state index in [0.29, 0.717) is 17.9 Å². The van der Waals surface area contributed by atoms with Crippen LogP contribution in [0, 0.1) is 12.7 Å². The van der Waals surface area contributed by atoms with Crippen LogP contribution in [0.15, 0.2) is 53.8 Å². The molecule has 10 heteroatoms. The highest BCUT2D eigenvalue weighted by atomic mass is 32.2. The van der Waals surface area contributed by atoms with E-state index in [1.807, 2.05) is 25.7 Å². The zero-order chi connectivity index (χ0) is 23.3. The molecule has 0 aliphatic carbocycles. The van der Waals surface area contributed by atoms with E-state index in [9.17, 15) is 17.6 Å². The number of benzene rings is 1. The average molecular weight is 456 g/mol. The molecule has 1 aromatic carbocycles. The molecule has 0 saturated heterocycles. The Bertz CT molecular complexity index is 1340. The molecule has 8 nitrogen and oxygen atoms in total. The lowest BCUT2D eigenvalue weighted by molar-refractivity contribution is 0.102. The third-order valence-corrected chi connectivity index (χ3v) is 6.33. The van der Waals surface area contributed by atoms with Gasteiger partial charge in [0.1, 0.15) is 11.6 Å². The highest BCUT2D eigenvalue weighted by Crippen LogP contribution is 2.42. The minimum Gasteiger partial charge on any atom is -0.342 e. The molecule has 2 aromatic heterocycles. The predicted molar refractivity (Wildman–Crippen MR) is 118 cm³/mol. The second kappa shape index (κ2) is 7.64. The van der Waals surface area contributed by atoms with Gasteiger partial charge in [-0.15, -0.1) is 0 Å². The van der Waals surface area contributed by atoms with Crippen LogP contribution in [-0.4, -0.2) is 24.3 Å². The van der Waals surface area contributed by atoms with E-state index in [0.717, 1.165) is 16.7 Å². The van der Waals surface area contributed by atoms with Crippen molar-refractivity contribution in [3.63, 3.8) is 0 Å². The Balaban J connectivity index is 1.72. The summed E-state index contributed by atoms with van der Waals surface area (Å²) in [7, 11) is -4.02. The number of halogens is 1. The molecule has 0 spiro atoms. The zero-order valence-corrected chi connectivity index (χ0v) is 18.6. The Morgan fingerprint density at radius 3 is 2.66 bits per heavy atom. The van der Waals surface area contributed by atoms with Gasteiger partial charge in [0.15, 0.2) is 5.03 Å². The van der Waals surface area contributed by atoms with Crippen LogP contribution in [0.1, 0.15) is 40.9 Å². The number of pyridine rings is 2. The summed E-state index contributed by atoms with van der Waals surface area (Å²) in [6.07, 6.45) is 2.91. The van der Waals surface area contributed by atoms with Crippen molar-refractivity contribution in [2.45, 2.75) is 37.9 Å². The molecule has 0 unspecified atom stereocenters. The fourth-order valence-electron chi connectivity index (χ4n) is 3.89. The number of primary sulfonamides is 1. The number of carbonyl (C=O) groups excluding carboxylic acids is 1. The van der Waals surface area contributed by atoms with Gasteiger partial charge in [-0.1, -0.05) is 6.07 Å². The van der Waals surface area contributed by atoms with Crippen LogP contribution in [0.3, 0.4) is 0 Å². The maximum atomic E-state index is 13.9. The number of nitrogens with one attached hydrogen (secondary N) is 1. The summed E-state index contributed by atoms with van der Waals surface area (Å²) >= 11 is 0. The third-order valence-electron chi connectivity index (χ3n) is 5.52. The first-order chi connectivity index (χ1) is 15.0. The summed E-state index contributed by atoms with van der Waals surface area (Å²) in [5.74, 6) is -0.354. The highest BCUT2D eigenvalue weighted by Gasteiger charge is 2.40. The molecule has 0 atom stereocenters. The maximum absolute atomic E-state index is 13.9. The quantitative estimate of drug-likeness (QED) is 0.624. The summed E-state index contributed by atoms with van der Waals surface area (Å²) in [6.45, 7) is 6.17. The monoisotopic (exact) mass is 455 g/mol. The smallest absolute Gasteiger partial charge is 0.259 e. The lowest BCUT2D eigenvalue weighted by atomic mass is 9.93. The van der Waals surface area contributed by atoms with Gasteiger partial charge in [0.05, 0.1) is 11.1 Å². The number of amides is 1. The van der Waals surface area contributed by atoms with Crippen LogP contribution in [0.2, 0.25) is 0 Å². The molecule has 1 aliphatic heterocycles. The van der Waals surface area contributed by atoms with E-state index in [1.165, 1.54) is 30.5 Å². The van der Waals surface area contributed by atoms with Crippen LogP contribution in [-0.2, 0) is 22.1 Å². The minimum atomic E-state index is -4.02. The molecule has 0 radical (unpaired) electrons. The van der Waals surface area contributed by atoms with Crippen molar-refractivity contribution < 1.29 is 17.6 Å². The maximum Gasteiger partial charge on any atom is 0.259 e. The largest absolute Gasteiger partial charge is 0.342 e. The number of anilines is 2. The number of hydrogen-bond donors (Lipinski definition) is 2. The first-order valence-corrected chi connectivity index (χ1v) is 11.3. The van der Waals surface area contributed by atoms with Gasteiger partial charge in [-0.3, -0.25) is 4.79 Å². The van der Waals surface area contributed by atoms with Gasteiger partial charge in [0.2, 0.25) is 0 Å². The molecular weight excluding hydrogens is 433 g/mol. The highest BCUT2D eigenvalue weighted by molar-refractivity contribution is 7.89. The molecule has 3 N–H and O–H groups in total. The molecule has 0 bridgehead atoms. The molecule has 0 saturated carbocycles. The Hall–Kier alpha value is -3.37. The lowest BCUT2D eigenvalue weighted by Crippen LogP contribution is -2.37. The van der Waals surface area contributed by atoms with E-state index in [1.54, 1.807) is 18.3 Å². The van der Waals surface area contributed by atoms with Crippen LogP contribution < -0.4 is 15.4 Å². The van der Waals surface area contributed by atoms with Crippen molar-refractivity contribution in [3.8, 4) is 0 Å². The van der Waals surface area contributed by atoms with Gasteiger partial charge in [-0.25, -0.2) is 27.9 Å². The fraction of sp³-hybridized carbons (Fsp3) is 0.227. The number of aryl methyl sites for hydroxylation is 1. The number of rotatable bonds is 4. The molecule has 0 fully saturated rings. The van der Waals surface area contributed by atoms with E-state index >= 15 is 0 Å². The summed E-state index contributed by atoms with van der Waals surface area (Å²) in [4.78, 5) is 23.4. The number of aromatic nitrogens is 2. The second-order valence-electron chi connectivity index (χ2n) is 8.21. The van der Waals surface area contributed by atoms with Crippen molar-refractivity contribution in [3.05, 3.63) is 76.9 Å². The van der Waals surface area contributed by atoms with E-state index in [-0.39, 0.29) is 16.5 Å². The summed E-state index contributed by atoms with van der Waals surface area (Å²) < 4.78 is 37.1. The van der Waals surface area contributed by atoms with Crippen LogP contribution >= 0.6 is 0 Å². The van der Waals surface area contributed by atoms with E-state index in [2.05, 4.69) is 15.3 Å². The topological polar surface area (TPSA) is 118 Å². The summed E-state index contributed by atoms with van der Waals surface area (Å²) in [5, 5.41) is 7.47. The van der Waals surface area contributed by atoms with Gasteiger partial charge in [0, 0.05) is 30.7 Å². The number of nitrogens with zero attached hydrogens (tertiary/aromatic N) is 3. The number of sulfonamides is 1. The molecule has 32 heavy (non-hydrogen) atoms. The van der Waals surface area contributed by atoms with Crippen molar-refractivity contribution in [2.24, 2.45) is 5.14 Å². The van der Waals surface area contributed by atoms with Crippen LogP contribution in [0.25, 0.3) is 0 Å². The molecule has 1 aliphatic rings. The third kappa shape index (κ3) is 3.94. The van der Waals surface area contributed by atoms with Crippen LogP contribution in [0.5, 0.6) is 0 Å². The Morgan fingerprint density at radius 1 is 1.19 bits per heavy atom. The van der Waals surface area contributed by atoms with Gasteiger partial charge in [-0.05, 0) is 61.7 Å². The number of nitrogens with two attached hydrogens (primary N) is 1. The van der Waals surface area contributed by atoms with Gasteiger partial charge < -0.3 is 10.2 Å². The van der Waals surface area contributed by atoms with Gasteiger partial charge in [-0.2, -0.15) is 0 Å². The number of carbonyl (C=O) groups is 1. The molecular formula is C22H22FN5O3S. The summed E-state index contributed by atoms with van der Waals surface area (Å²) in [6, 6.07) is 9.03. The average Bonchev–Trinajstić information content (AvgIpc) is 2.98. The number of hydrogen-bond acceptors (Lipinski definition) is 6. The van der Waals surface area contributed by atoms with Crippen molar-refractivity contribution >= 4 is 27.4 Å². The van der Waals surface area contributed by atoms with E-state index < -0.39 is 21.5 Å².